The van der Waals surface area contributed by atoms with Crippen LogP contribution >= 0.6 is 0 Å². The number of hydrogen-bond donors (Lipinski definition) is 2. The Morgan fingerprint density at radius 3 is 2.85 bits per heavy atom. The molecule has 4 N–H and O–H groups in total. The van der Waals surface area contributed by atoms with Crippen LogP contribution < -0.4 is 11.6 Å². The van der Waals surface area contributed by atoms with Crippen LogP contribution in [0.25, 0.3) is 0 Å². The molecular formula is C14H25N3O3. The van der Waals surface area contributed by atoms with Crippen molar-refractivity contribution >= 4 is 12.3 Å². The Hall–Kier alpha value is -1.56. The van der Waals surface area contributed by atoms with E-state index in [0.29, 0.717) is 13.0 Å². The summed E-state index contributed by atoms with van der Waals surface area (Å²) in [6, 6.07) is 0. The average molecular weight is 283 g/mol. The van der Waals surface area contributed by atoms with Gasteiger partial charge in [-0.05, 0) is 39.0 Å². The first-order chi connectivity index (χ1) is 9.58. The number of ether oxygens (including phenoxy) is 1. The van der Waals surface area contributed by atoms with E-state index in [0.717, 1.165) is 43.4 Å². The Morgan fingerprint density at radius 2 is 2.20 bits per heavy atom. The molecule has 0 aromatic heterocycles. The second kappa shape index (κ2) is 8.58. The van der Waals surface area contributed by atoms with Gasteiger partial charge in [-0.1, -0.05) is 0 Å². The lowest BCUT2D eigenvalue weighted by molar-refractivity contribution is -0.150. The van der Waals surface area contributed by atoms with Crippen LogP contribution in [0.4, 0.5) is 0 Å². The van der Waals surface area contributed by atoms with Gasteiger partial charge in [0.2, 0.25) is 0 Å². The molecule has 20 heavy (non-hydrogen) atoms. The molecule has 1 aliphatic rings. The summed E-state index contributed by atoms with van der Waals surface area (Å²) in [5.74, 6) is 5.62. The van der Waals surface area contributed by atoms with Gasteiger partial charge in [0.15, 0.2) is 0 Å². The Bertz CT molecular complexity index is 369. The van der Waals surface area contributed by atoms with Crippen LogP contribution in [-0.4, -0.2) is 29.9 Å². The van der Waals surface area contributed by atoms with E-state index in [-0.39, 0.29) is 24.9 Å². The molecule has 0 aromatic rings. The van der Waals surface area contributed by atoms with Crippen LogP contribution in [0.2, 0.25) is 0 Å². The Labute approximate surface area is 120 Å². The molecule has 6 heteroatoms. The van der Waals surface area contributed by atoms with Crippen molar-refractivity contribution in [2.24, 2.45) is 11.6 Å². The summed E-state index contributed by atoms with van der Waals surface area (Å²) in [5.41, 5.74) is 7.83. The molecule has 0 bridgehead atoms. The zero-order valence-electron chi connectivity index (χ0n) is 12.1. The van der Waals surface area contributed by atoms with Crippen molar-refractivity contribution in [3.05, 3.63) is 11.4 Å². The number of allylic oxidation sites excluding steroid dienone is 2. The first-order valence-corrected chi connectivity index (χ1v) is 7.21. The standard InChI is InChI=1S/C14H25N3O3/c1-2-17(16)13-9-8-11(5-3-6-12(13)15)20-14(19)7-4-10-18/h10-11H,2-9,15-16H2,1H3/b13-12-. The average Bonchev–Trinajstić information content (AvgIpc) is 2.42. The molecule has 1 rings (SSSR count). The molecule has 0 saturated carbocycles. The minimum atomic E-state index is -0.304. The van der Waals surface area contributed by atoms with E-state index >= 15 is 0 Å². The number of nitrogens with two attached hydrogens (primary N) is 2. The van der Waals surface area contributed by atoms with Gasteiger partial charge in [-0.3, -0.25) is 4.79 Å². The molecule has 6 nitrogen and oxygen atoms in total. The number of hydrogen-bond acceptors (Lipinski definition) is 6. The van der Waals surface area contributed by atoms with Crippen molar-refractivity contribution in [3.63, 3.8) is 0 Å². The quantitative estimate of drug-likeness (QED) is 0.329. The Balaban J connectivity index is 2.55. The van der Waals surface area contributed by atoms with Crippen molar-refractivity contribution in [1.82, 2.24) is 5.01 Å². The lowest BCUT2D eigenvalue weighted by Gasteiger charge is -2.27. The molecule has 0 fully saturated rings. The number of esters is 1. The number of nitrogens with zero attached hydrogens (tertiary/aromatic N) is 1. The van der Waals surface area contributed by atoms with Crippen molar-refractivity contribution < 1.29 is 14.3 Å². The smallest absolute Gasteiger partial charge is 0.306 e. The lowest BCUT2D eigenvalue weighted by Crippen LogP contribution is -2.33. The molecule has 1 atom stereocenters. The van der Waals surface area contributed by atoms with Crippen LogP contribution in [0.15, 0.2) is 11.4 Å². The summed E-state index contributed by atoms with van der Waals surface area (Å²) in [5, 5.41) is 1.66. The number of aldehydes is 1. The van der Waals surface area contributed by atoms with Crippen LogP contribution in [0.1, 0.15) is 51.9 Å². The van der Waals surface area contributed by atoms with E-state index in [4.69, 9.17) is 16.3 Å². The monoisotopic (exact) mass is 283 g/mol. The lowest BCUT2D eigenvalue weighted by atomic mass is 9.99. The molecule has 0 aliphatic heterocycles. The van der Waals surface area contributed by atoms with Gasteiger partial charge in [-0.25, -0.2) is 5.84 Å². The van der Waals surface area contributed by atoms with Crippen molar-refractivity contribution in [2.45, 2.75) is 58.0 Å². The molecule has 0 spiro atoms. The molecule has 0 saturated heterocycles. The first-order valence-electron chi connectivity index (χ1n) is 7.21. The van der Waals surface area contributed by atoms with Gasteiger partial charge >= 0.3 is 5.97 Å². The van der Waals surface area contributed by atoms with E-state index in [1.54, 1.807) is 5.01 Å². The number of hydrazine groups is 1. The first kappa shape index (κ1) is 16.5. The molecule has 1 unspecified atom stereocenters. The highest BCUT2D eigenvalue weighted by Gasteiger charge is 2.20. The van der Waals surface area contributed by atoms with Crippen molar-refractivity contribution in [3.8, 4) is 0 Å². The second-order valence-corrected chi connectivity index (χ2v) is 5.01. The maximum atomic E-state index is 11.6. The molecule has 114 valence electrons. The van der Waals surface area contributed by atoms with Gasteiger partial charge < -0.3 is 20.3 Å². The number of rotatable bonds is 6. The summed E-state index contributed by atoms with van der Waals surface area (Å²) < 4.78 is 5.41. The molecule has 0 heterocycles. The van der Waals surface area contributed by atoms with E-state index in [9.17, 15) is 9.59 Å². The molecular weight excluding hydrogens is 258 g/mol. The summed E-state index contributed by atoms with van der Waals surface area (Å²) in [7, 11) is 0. The van der Waals surface area contributed by atoms with Crippen LogP contribution in [0.5, 0.6) is 0 Å². The van der Waals surface area contributed by atoms with Crippen molar-refractivity contribution in [1.29, 1.82) is 0 Å². The van der Waals surface area contributed by atoms with Gasteiger partial charge in [0.25, 0.3) is 0 Å². The summed E-state index contributed by atoms with van der Waals surface area (Å²) in [6.45, 7) is 2.66. The predicted molar refractivity (Wildman–Crippen MR) is 76.0 cm³/mol. The summed E-state index contributed by atoms with van der Waals surface area (Å²) >= 11 is 0. The van der Waals surface area contributed by atoms with E-state index < -0.39 is 0 Å². The molecule has 0 radical (unpaired) electrons. The van der Waals surface area contributed by atoms with Gasteiger partial charge in [-0.2, -0.15) is 0 Å². The van der Waals surface area contributed by atoms with Crippen LogP contribution in [-0.2, 0) is 14.3 Å². The highest BCUT2D eigenvalue weighted by molar-refractivity contribution is 5.72. The largest absolute Gasteiger partial charge is 0.462 e. The van der Waals surface area contributed by atoms with Gasteiger partial charge in [0.05, 0.1) is 6.42 Å². The molecule has 0 aromatic carbocycles. The highest BCUT2D eigenvalue weighted by Crippen LogP contribution is 2.23. The van der Waals surface area contributed by atoms with Gasteiger partial charge in [0, 0.05) is 24.4 Å². The minimum Gasteiger partial charge on any atom is -0.462 e. The van der Waals surface area contributed by atoms with E-state index in [2.05, 4.69) is 0 Å². The Kier molecular flexibility index (Phi) is 7.08. The topological polar surface area (TPSA) is 98.7 Å². The fourth-order valence-electron chi connectivity index (χ4n) is 2.33. The number of carbonyl (C=O) groups excluding carboxylic acids is 2. The van der Waals surface area contributed by atoms with Gasteiger partial charge in [0.1, 0.15) is 12.4 Å². The number of carbonyl (C=O) groups is 2. The highest BCUT2D eigenvalue weighted by atomic mass is 16.5. The maximum absolute atomic E-state index is 11.6. The molecule has 0 amide bonds. The van der Waals surface area contributed by atoms with E-state index in [1.165, 1.54) is 0 Å². The Morgan fingerprint density at radius 1 is 1.45 bits per heavy atom. The fraction of sp³-hybridized carbons (Fsp3) is 0.714. The molecule has 1 aliphatic carbocycles. The van der Waals surface area contributed by atoms with Crippen molar-refractivity contribution in [2.75, 3.05) is 6.54 Å². The second-order valence-electron chi connectivity index (χ2n) is 5.01. The third-order valence-corrected chi connectivity index (χ3v) is 3.50. The normalized spacial score (nSPS) is 23.6. The third kappa shape index (κ3) is 5.21. The van der Waals surface area contributed by atoms with Crippen LogP contribution in [0, 0.1) is 0 Å². The van der Waals surface area contributed by atoms with Gasteiger partial charge in [-0.15, -0.1) is 0 Å². The maximum Gasteiger partial charge on any atom is 0.306 e. The zero-order valence-corrected chi connectivity index (χ0v) is 12.1. The third-order valence-electron chi connectivity index (χ3n) is 3.50. The zero-order chi connectivity index (χ0) is 15.0. The summed E-state index contributed by atoms with van der Waals surface area (Å²) in [6.07, 6.45) is 4.87. The van der Waals surface area contributed by atoms with E-state index in [1.807, 2.05) is 6.92 Å². The van der Waals surface area contributed by atoms with Crippen LogP contribution in [0.3, 0.4) is 0 Å². The predicted octanol–water partition coefficient (Wildman–Crippen LogP) is 1.21. The fourth-order valence-corrected chi connectivity index (χ4v) is 2.33. The minimum absolute atomic E-state index is 0.109. The SMILES string of the molecule is CCN(N)/C1=C(\N)CCCC(OC(=O)CCC=O)CC1. The summed E-state index contributed by atoms with van der Waals surface area (Å²) in [4.78, 5) is 21.8.